The zero-order valence-electron chi connectivity index (χ0n) is 14.9. The number of benzene rings is 1. The molecule has 1 aromatic carbocycles. The Morgan fingerprint density at radius 2 is 1.96 bits per heavy atom. The summed E-state index contributed by atoms with van der Waals surface area (Å²) in [6.45, 7) is 3.94. The second kappa shape index (κ2) is 5.39. The average Bonchev–Trinajstić information content (AvgIpc) is 3.34. The lowest BCUT2D eigenvalue weighted by Gasteiger charge is -2.00. The van der Waals surface area contributed by atoms with Gasteiger partial charge in [0.1, 0.15) is 11.3 Å². The van der Waals surface area contributed by atoms with Crippen molar-refractivity contribution in [1.82, 2.24) is 29.1 Å². The molecule has 0 aliphatic carbocycles. The SMILES string of the molecule is Cc1ncc(C)n2nc(CCc3nc4c5occc5ccc4n3C)nc12. The van der Waals surface area contributed by atoms with Gasteiger partial charge in [-0.3, -0.25) is 4.98 Å². The summed E-state index contributed by atoms with van der Waals surface area (Å²) in [6, 6.07) is 6.11. The Hall–Kier alpha value is -3.22. The summed E-state index contributed by atoms with van der Waals surface area (Å²) >= 11 is 0. The molecule has 7 nitrogen and oxygen atoms in total. The molecular weight excluding hydrogens is 328 g/mol. The zero-order chi connectivity index (χ0) is 17.8. The molecule has 0 N–H and O–H groups in total. The monoisotopic (exact) mass is 346 g/mol. The molecule has 0 saturated carbocycles. The molecule has 0 aliphatic rings. The van der Waals surface area contributed by atoms with E-state index in [1.165, 1.54) is 0 Å². The van der Waals surface area contributed by atoms with Crippen molar-refractivity contribution >= 4 is 27.6 Å². The van der Waals surface area contributed by atoms with Crippen LogP contribution in [0.1, 0.15) is 23.0 Å². The molecule has 0 bridgehead atoms. The number of imidazole rings is 1. The number of furan rings is 1. The molecule has 0 aliphatic heterocycles. The van der Waals surface area contributed by atoms with Gasteiger partial charge in [-0.05, 0) is 32.0 Å². The fraction of sp³-hybridized carbons (Fsp3) is 0.263. The number of rotatable bonds is 3. The van der Waals surface area contributed by atoms with Gasteiger partial charge in [-0.2, -0.15) is 5.10 Å². The standard InChI is InChI=1S/C19H18N6O/c1-11-10-20-12(2)19-21-15(23-25(11)19)6-7-16-22-17-14(24(16)3)5-4-13-8-9-26-18(13)17/h4-5,8-10H,6-7H2,1-3H3. The Morgan fingerprint density at radius 3 is 2.81 bits per heavy atom. The third-order valence-electron chi connectivity index (χ3n) is 4.89. The van der Waals surface area contributed by atoms with Gasteiger partial charge in [0.15, 0.2) is 17.1 Å². The molecule has 4 heterocycles. The lowest BCUT2D eigenvalue weighted by molar-refractivity contribution is 0.618. The van der Waals surface area contributed by atoms with Crippen LogP contribution in [0.25, 0.3) is 27.6 Å². The van der Waals surface area contributed by atoms with Gasteiger partial charge in [-0.1, -0.05) is 0 Å². The maximum Gasteiger partial charge on any atom is 0.177 e. The summed E-state index contributed by atoms with van der Waals surface area (Å²) < 4.78 is 9.59. The summed E-state index contributed by atoms with van der Waals surface area (Å²) in [5.74, 6) is 1.80. The van der Waals surface area contributed by atoms with Gasteiger partial charge < -0.3 is 8.98 Å². The largest absolute Gasteiger partial charge is 0.462 e. The summed E-state index contributed by atoms with van der Waals surface area (Å²) in [5, 5.41) is 5.70. The van der Waals surface area contributed by atoms with Crippen molar-refractivity contribution in [3.05, 3.63) is 53.7 Å². The van der Waals surface area contributed by atoms with Crippen LogP contribution in [0.15, 0.2) is 35.1 Å². The van der Waals surface area contributed by atoms with E-state index < -0.39 is 0 Å². The molecule has 0 unspecified atom stereocenters. The molecule has 5 aromatic rings. The zero-order valence-corrected chi connectivity index (χ0v) is 14.9. The van der Waals surface area contributed by atoms with E-state index in [-0.39, 0.29) is 0 Å². The number of hydrogen-bond acceptors (Lipinski definition) is 5. The van der Waals surface area contributed by atoms with Crippen LogP contribution in [-0.2, 0) is 19.9 Å². The second-order valence-electron chi connectivity index (χ2n) is 6.61. The Morgan fingerprint density at radius 1 is 1.08 bits per heavy atom. The van der Waals surface area contributed by atoms with Crippen LogP contribution in [0, 0.1) is 13.8 Å². The molecule has 0 radical (unpaired) electrons. The van der Waals surface area contributed by atoms with Crippen molar-refractivity contribution in [3.8, 4) is 0 Å². The molecule has 5 rings (SSSR count). The predicted molar refractivity (Wildman–Crippen MR) is 98.2 cm³/mol. The van der Waals surface area contributed by atoms with Crippen molar-refractivity contribution in [1.29, 1.82) is 0 Å². The minimum absolute atomic E-state index is 0.721. The van der Waals surface area contributed by atoms with Gasteiger partial charge in [0.05, 0.1) is 23.2 Å². The Labute approximate surface area is 149 Å². The van der Waals surface area contributed by atoms with E-state index in [1.54, 1.807) is 6.26 Å². The molecule has 0 spiro atoms. The highest BCUT2D eigenvalue weighted by molar-refractivity contribution is 6.00. The van der Waals surface area contributed by atoms with Crippen molar-refractivity contribution in [2.75, 3.05) is 0 Å². The first kappa shape index (κ1) is 15.1. The summed E-state index contributed by atoms with van der Waals surface area (Å²) in [5.41, 5.74) is 5.50. The van der Waals surface area contributed by atoms with Gasteiger partial charge in [0, 0.05) is 31.5 Å². The summed E-state index contributed by atoms with van der Waals surface area (Å²) in [6.07, 6.45) is 5.01. The topological polar surface area (TPSA) is 74.0 Å². The maximum atomic E-state index is 5.62. The first-order chi connectivity index (χ1) is 12.6. The minimum atomic E-state index is 0.721. The van der Waals surface area contributed by atoms with Crippen LogP contribution in [0.5, 0.6) is 0 Å². The van der Waals surface area contributed by atoms with Gasteiger partial charge in [0.25, 0.3) is 0 Å². The number of aromatic nitrogens is 6. The summed E-state index contributed by atoms with van der Waals surface area (Å²) in [7, 11) is 2.04. The Bertz CT molecular complexity index is 1240. The third-order valence-corrected chi connectivity index (χ3v) is 4.89. The van der Waals surface area contributed by atoms with E-state index in [9.17, 15) is 0 Å². The number of nitrogens with zero attached hydrogens (tertiary/aromatic N) is 6. The van der Waals surface area contributed by atoms with E-state index in [4.69, 9.17) is 9.40 Å². The van der Waals surface area contributed by atoms with Crippen LogP contribution in [0.2, 0.25) is 0 Å². The molecule has 0 atom stereocenters. The quantitative estimate of drug-likeness (QED) is 0.502. The third kappa shape index (κ3) is 2.13. The van der Waals surface area contributed by atoms with E-state index in [0.29, 0.717) is 0 Å². The van der Waals surface area contributed by atoms with Crippen LogP contribution >= 0.6 is 0 Å². The lowest BCUT2D eigenvalue weighted by atomic mass is 10.2. The van der Waals surface area contributed by atoms with E-state index in [2.05, 4.69) is 31.8 Å². The number of aryl methyl sites for hydroxylation is 5. The van der Waals surface area contributed by atoms with Crippen molar-refractivity contribution in [2.24, 2.45) is 7.05 Å². The Balaban J connectivity index is 1.51. The number of fused-ring (bicyclic) bond motifs is 4. The van der Waals surface area contributed by atoms with Crippen molar-refractivity contribution in [3.63, 3.8) is 0 Å². The van der Waals surface area contributed by atoms with Crippen LogP contribution in [0.4, 0.5) is 0 Å². The molecular formula is C19H18N6O. The summed E-state index contributed by atoms with van der Waals surface area (Å²) in [4.78, 5) is 13.8. The van der Waals surface area contributed by atoms with Crippen LogP contribution < -0.4 is 0 Å². The molecule has 4 aromatic heterocycles. The normalized spacial score (nSPS) is 12.0. The first-order valence-electron chi connectivity index (χ1n) is 8.61. The van der Waals surface area contributed by atoms with Gasteiger partial charge in [-0.25, -0.2) is 14.5 Å². The van der Waals surface area contributed by atoms with E-state index in [0.717, 1.165) is 63.5 Å². The van der Waals surface area contributed by atoms with Gasteiger partial charge >= 0.3 is 0 Å². The van der Waals surface area contributed by atoms with Crippen LogP contribution in [-0.4, -0.2) is 29.1 Å². The minimum Gasteiger partial charge on any atom is -0.462 e. The fourth-order valence-electron chi connectivity index (χ4n) is 3.42. The molecule has 130 valence electrons. The predicted octanol–water partition coefficient (Wildman–Crippen LogP) is 3.16. The number of hydrogen-bond donors (Lipinski definition) is 0. The maximum absolute atomic E-state index is 5.62. The molecule has 0 fully saturated rings. The van der Waals surface area contributed by atoms with Crippen molar-refractivity contribution in [2.45, 2.75) is 26.7 Å². The second-order valence-corrected chi connectivity index (χ2v) is 6.61. The highest BCUT2D eigenvalue weighted by Crippen LogP contribution is 2.26. The van der Waals surface area contributed by atoms with Crippen LogP contribution in [0.3, 0.4) is 0 Å². The molecule has 7 heteroatoms. The van der Waals surface area contributed by atoms with Crippen molar-refractivity contribution < 1.29 is 4.42 Å². The van der Waals surface area contributed by atoms with E-state index >= 15 is 0 Å². The van der Waals surface area contributed by atoms with E-state index in [1.807, 2.05) is 37.7 Å². The Kier molecular flexibility index (Phi) is 3.12. The first-order valence-corrected chi connectivity index (χ1v) is 8.61. The molecule has 0 saturated heterocycles. The lowest BCUT2D eigenvalue weighted by Crippen LogP contribution is -2.02. The average molecular weight is 346 g/mol. The molecule has 0 amide bonds. The highest BCUT2D eigenvalue weighted by Gasteiger charge is 2.14. The van der Waals surface area contributed by atoms with Gasteiger partial charge in [0.2, 0.25) is 0 Å². The van der Waals surface area contributed by atoms with Gasteiger partial charge in [-0.15, -0.1) is 0 Å². The molecule has 26 heavy (non-hydrogen) atoms. The fourth-order valence-corrected chi connectivity index (χ4v) is 3.42. The smallest absolute Gasteiger partial charge is 0.177 e. The highest BCUT2D eigenvalue weighted by atomic mass is 16.3.